The van der Waals surface area contributed by atoms with E-state index in [0.717, 1.165) is 6.42 Å². The zero-order valence-electron chi connectivity index (χ0n) is 7.93. The summed E-state index contributed by atoms with van der Waals surface area (Å²) in [6.07, 6.45) is 8.53. The lowest BCUT2D eigenvalue weighted by atomic mass is 10.2. The maximum absolute atomic E-state index is 11.7. The van der Waals surface area contributed by atoms with Crippen LogP contribution in [-0.4, -0.2) is 27.8 Å². The van der Waals surface area contributed by atoms with Crippen LogP contribution in [0.15, 0.2) is 24.3 Å². The van der Waals surface area contributed by atoms with Crippen molar-refractivity contribution in [2.75, 3.05) is 13.1 Å². The van der Waals surface area contributed by atoms with Crippen LogP contribution in [0.2, 0.25) is 0 Å². The molecule has 1 aliphatic rings. The average Bonchev–Trinajstić information content (AvgIpc) is 2.18. The predicted octanol–water partition coefficient (Wildman–Crippen LogP) is 0.382. The van der Waals surface area contributed by atoms with E-state index in [9.17, 15) is 4.21 Å². The molecule has 0 amide bonds. The first-order valence-electron chi connectivity index (χ1n) is 4.63. The molecular formula is C9H16N2OS2. The highest BCUT2D eigenvalue weighted by Gasteiger charge is 2.20. The Morgan fingerprint density at radius 2 is 2.14 bits per heavy atom. The van der Waals surface area contributed by atoms with Gasteiger partial charge in [0, 0.05) is 11.8 Å². The molecule has 14 heavy (non-hydrogen) atoms. The molecule has 1 aliphatic carbocycles. The predicted molar refractivity (Wildman–Crippen MR) is 64.7 cm³/mol. The topological polar surface area (TPSA) is 55.1 Å². The van der Waals surface area contributed by atoms with E-state index in [2.05, 4.69) is 17.4 Å². The molecule has 3 nitrogen and oxygen atoms in total. The highest BCUT2D eigenvalue weighted by molar-refractivity contribution is 7.87. The number of allylic oxidation sites excluding steroid dienone is 2. The summed E-state index contributed by atoms with van der Waals surface area (Å²) in [5.74, 6) is 0. The molecule has 3 unspecified atom stereocenters. The van der Waals surface area contributed by atoms with E-state index in [1.165, 1.54) is 0 Å². The van der Waals surface area contributed by atoms with Crippen LogP contribution in [-0.2, 0) is 11.0 Å². The Kier molecular flexibility index (Phi) is 5.47. The molecule has 0 spiro atoms. The number of hydrogen-bond acceptors (Lipinski definition) is 3. The van der Waals surface area contributed by atoms with Gasteiger partial charge in [0.1, 0.15) is 11.0 Å². The van der Waals surface area contributed by atoms with Gasteiger partial charge in [0.05, 0.1) is 5.25 Å². The second-order valence-electron chi connectivity index (χ2n) is 3.06. The minimum atomic E-state index is -1.06. The van der Waals surface area contributed by atoms with E-state index in [1.54, 1.807) is 0 Å². The fraction of sp³-hybridized carbons (Fsp3) is 0.556. The maximum Gasteiger partial charge on any atom is 0.100 e. The Balaban J connectivity index is 2.36. The van der Waals surface area contributed by atoms with Gasteiger partial charge in [-0.2, -0.15) is 12.6 Å². The monoisotopic (exact) mass is 232 g/mol. The van der Waals surface area contributed by atoms with Crippen LogP contribution < -0.4 is 10.5 Å². The summed E-state index contributed by atoms with van der Waals surface area (Å²) in [6.45, 7) is 1.31. The third-order valence-electron chi connectivity index (χ3n) is 1.93. The zero-order valence-corrected chi connectivity index (χ0v) is 9.64. The molecule has 0 aromatic rings. The highest BCUT2D eigenvalue weighted by Crippen LogP contribution is 2.15. The van der Waals surface area contributed by atoms with Gasteiger partial charge in [0.15, 0.2) is 0 Å². The van der Waals surface area contributed by atoms with Crippen molar-refractivity contribution < 1.29 is 4.21 Å². The van der Waals surface area contributed by atoms with E-state index >= 15 is 0 Å². The Bertz CT molecular complexity index is 253. The molecule has 0 heterocycles. The first kappa shape index (κ1) is 12.0. The summed E-state index contributed by atoms with van der Waals surface area (Å²) in [5.41, 5.74) is 5.34. The van der Waals surface area contributed by atoms with Crippen LogP contribution in [0.25, 0.3) is 0 Å². The minimum absolute atomic E-state index is 0.0335. The molecule has 0 aromatic carbocycles. The normalized spacial score (nSPS) is 27.9. The van der Waals surface area contributed by atoms with E-state index in [-0.39, 0.29) is 10.5 Å². The van der Waals surface area contributed by atoms with Crippen molar-refractivity contribution in [3.05, 3.63) is 24.3 Å². The van der Waals surface area contributed by atoms with Crippen molar-refractivity contribution in [1.82, 2.24) is 4.72 Å². The third kappa shape index (κ3) is 3.57. The first-order valence-corrected chi connectivity index (χ1v) is 6.36. The summed E-state index contributed by atoms with van der Waals surface area (Å²) in [5, 5.41) is -0.00711. The molecule has 80 valence electrons. The molecule has 0 saturated carbocycles. The lowest BCUT2D eigenvalue weighted by Gasteiger charge is -2.19. The SMILES string of the molecule is NCCCNS(=O)C1C=CC=CC1S. The van der Waals surface area contributed by atoms with Gasteiger partial charge < -0.3 is 5.73 Å². The smallest absolute Gasteiger partial charge is 0.100 e. The number of thiol groups is 1. The van der Waals surface area contributed by atoms with E-state index < -0.39 is 11.0 Å². The Hall–Kier alpha value is -0.100. The Morgan fingerprint density at radius 1 is 1.43 bits per heavy atom. The summed E-state index contributed by atoms with van der Waals surface area (Å²) in [7, 11) is -1.06. The molecule has 0 aliphatic heterocycles. The third-order valence-corrected chi connectivity index (χ3v) is 4.06. The van der Waals surface area contributed by atoms with Gasteiger partial charge in [0.25, 0.3) is 0 Å². The second kappa shape index (κ2) is 6.40. The van der Waals surface area contributed by atoms with Crippen molar-refractivity contribution in [1.29, 1.82) is 0 Å². The highest BCUT2D eigenvalue weighted by atomic mass is 32.2. The number of hydrogen-bond donors (Lipinski definition) is 3. The largest absolute Gasteiger partial charge is 0.330 e. The Labute approximate surface area is 92.8 Å². The number of rotatable bonds is 5. The lowest BCUT2D eigenvalue weighted by Crippen LogP contribution is -2.34. The van der Waals surface area contributed by atoms with E-state index in [0.29, 0.717) is 13.1 Å². The lowest BCUT2D eigenvalue weighted by molar-refractivity contribution is 0.662. The van der Waals surface area contributed by atoms with Crippen molar-refractivity contribution in [2.45, 2.75) is 16.9 Å². The van der Waals surface area contributed by atoms with E-state index in [1.807, 2.05) is 24.3 Å². The zero-order chi connectivity index (χ0) is 10.4. The van der Waals surface area contributed by atoms with Gasteiger partial charge in [-0.15, -0.1) is 0 Å². The fourth-order valence-corrected chi connectivity index (χ4v) is 2.79. The standard InChI is InChI=1S/C9H16N2OS2/c10-6-3-7-11-14(12)9-5-2-1-4-8(9)13/h1-2,4-5,8-9,11,13H,3,6-7,10H2. The number of nitrogens with two attached hydrogens (primary N) is 1. The van der Waals surface area contributed by atoms with Crippen molar-refractivity contribution >= 4 is 23.6 Å². The molecule has 3 N–H and O–H groups in total. The molecule has 0 radical (unpaired) electrons. The summed E-state index contributed by atoms with van der Waals surface area (Å²) in [4.78, 5) is 0. The average molecular weight is 232 g/mol. The van der Waals surface area contributed by atoms with Crippen LogP contribution in [0.5, 0.6) is 0 Å². The molecule has 0 bridgehead atoms. The van der Waals surface area contributed by atoms with Crippen molar-refractivity contribution in [2.24, 2.45) is 5.73 Å². The van der Waals surface area contributed by atoms with Gasteiger partial charge in [0.2, 0.25) is 0 Å². The molecule has 0 saturated heterocycles. The van der Waals surface area contributed by atoms with Gasteiger partial charge in [-0.25, -0.2) is 8.93 Å². The van der Waals surface area contributed by atoms with Gasteiger partial charge in [-0.3, -0.25) is 0 Å². The molecule has 0 fully saturated rings. The Morgan fingerprint density at radius 3 is 2.79 bits per heavy atom. The van der Waals surface area contributed by atoms with Gasteiger partial charge in [-0.05, 0) is 13.0 Å². The summed E-state index contributed by atoms with van der Waals surface area (Å²) >= 11 is 4.34. The minimum Gasteiger partial charge on any atom is -0.330 e. The summed E-state index contributed by atoms with van der Waals surface area (Å²) < 4.78 is 14.7. The maximum atomic E-state index is 11.7. The van der Waals surface area contributed by atoms with Crippen LogP contribution in [0.4, 0.5) is 0 Å². The second-order valence-corrected chi connectivity index (χ2v) is 5.08. The quantitative estimate of drug-likeness (QED) is 0.474. The van der Waals surface area contributed by atoms with Crippen LogP contribution >= 0.6 is 12.6 Å². The fourth-order valence-electron chi connectivity index (χ4n) is 1.14. The van der Waals surface area contributed by atoms with Crippen LogP contribution in [0, 0.1) is 0 Å². The summed E-state index contributed by atoms with van der Waals surface area (Å²) in [6, 6.07) is 0. The van der Waals surface area contributed by atoms with Crippen molar-refractivity contribution in [3.63, 3.8) is 0 Å². The van der Waals surface area contributed by atoms with Gasteiger partial charge in [-0.1, -0.05) is 24.3 Å². The van der Waals surface area contributed by atoms with Crippen LogP contribution in [0.3, 0.4) is 0 Å². The van der Waals surface area contributed by atoms with Crippen molar-refractivity contribution in [3.8, 4) is 0 Å². The van der Waals surface area contributed by atoms with E-state index in [4.69, 9.17) is 5.73 Å². The van der Waals surface area contributed by atoms with Crippen LogP contribution in [0.1, 0.15) is 6.42 Å². The molecule has 1 rings (SSSR count). The van der Waals surface area contributed by atoms with Gasteiger partial charge >= 0.3 is 0 Å². The molecule has 5 heteroatoms. The first-order chi connectivity index (χ1) is 6.75. The molecular weight excluding hydrogens is 216 g/mol. The number of nitrogens with one attached hydrogen (secondary N) is 1. The molecule has 0 aromatic heterocycles. The molecule has 3 atom stereocenters.